The SMILES string of the molecule is Cl.Cl.NC[C@H]1CCC[C@H]1C(=O)Nc1ccc(NCc2ccccc2)c(Cl)c1. The normalized spacial score (nSPS) is 18.1. The fourth-order valence-corrected chi connectivity index (χ4v) is 3.68. The Morgan fingerprint density at radius 2 is 1.85 bits per heavy atom. The van der Waals surface area contributed by atoms with Crippen molar-refractivity contribution in [1.82, 2.24) is 0 Å². The van der Waals surface area contributed by atoms with Crippen LogP contribution in [0.15, 0.2) is 48.5 Å². The minimum absolute atomic E-state index is 0. The van der Waals surface area contributed by atoms with E-state index in [1.54, 1.807) is 6.07 Å². The number of benzene rings is 2. The lowest BCUT2D eigenvalue weighted by molar-refractivity contribution is -0.120. The molecule has 2 aromatic carbocycles. The van der Waals surface area contributed by atoms with Crippen molar-refractivity contribution in [3.63, 3.8) is 0 Å². The van der Waals surface area contributed by atoms with Crippen LogP contribution in [0.3, 0.4) is 0 Å². The molecule has 4 nitrogen and oxygen atoms in total. The highest BCUT2D eigenvalue weighted by atomic mass is 35.5. The number of halogens is 3. The zero-order valence-electron chi connectivity index (χ0n) is 15.0. The first kappa shape index (κ1) is 23.6. The van der Waals surface area contributed by atoms with Crippen LogP contribution in [0.25, 0.3) is 0 Å². The summed E-state index contributed by atoms with van der Waals surface area (Å²) in [6, 6.07) is 15.7. The minimum atomic E-state index is 0. The highest BCUT2D eigenvalue weighted by Gasteiger charge is 2.31. The zero-order chi connectivity index (χ0) is 17.6. The first-order chi connectivity index (χ1) is 12.2. The molecule has 0 bridgehead atoms. The van der Waals surface area contributed by atoms with Gasteiger partial charge >= 0.3 is 0 Å². The monoisotopic (exact) mass is 429 g/mol. The van der Waals surface area contributed by atoms with Crippen LogP contribution in [0.1, 0.15) is 24.8 Å². The number of nitrogens with two attached hydrogens (primary N) is 1. The van der Waals surface area contributed by atoms with Crippen molar-refractivity contribution in [3.8, 4) is 0 Å². The number of carbonyl (C=O) groups excluding carboxylic acids is 1. The van der Waals surface area contributed by atoms with Gasteiger partial charge in [0.05, 0.1) is 10.7 Å². The van der Waals surface area contributed by atoms with Crippen molar-refractivity contribution in [2.24, 2.45) is 17.6 Å². The lowest BCUT2D eigenvalue weighted by Crippen LogP contribution is -2.29. The average molecular weight is 431 g/mol. The van der Waals surface area contributed by atoms with E-state index in [0.717, 1.165) is 30.6 Å². The molecule has 1 aliphatic rings. The van der Waals surface area contributed by atoms with Gasteiger partial charge in [-0.05, 0) is 49.1 Å². The lowest BCUT2D eigenvalue weighted by atomic mass is 9.95. The van der Waals surface area contributed by atoms with E-state index in [2.05, 4.69) is 22.8 Å². The van der Waals surface area contributed by atoms with E-state index in [1.807, 2.05) is 30.3 Å². The molecule has 1 fully saturated rings. The van der Waals surface area contributed by atoms with Gasteiger partial charge < -0.3 is 16.4 Å². The third-order valence-corrected chi connectivity index (χ3v) is 5.17. The zero-order valence-corrected chi connectivity index (χ0v) is 17.4. The molecular weight excluding hydrogens is 405 g/mol. The Labute approximate surface area is 178 Å². The second-order valence-corrected chi connectivity index (χ2v) is 6.96. The molecule has 27 heavy (non-hydrogen) atoms. The second-order valence-electron chi connectivity index (χ2n) is 6.56. The molecule has 0 aromatic heterocycles. The summed E-state index contributed by atoms with van der Waals surface area (Å²) in [5, 5.41) is 6.90. The van der Waals surface area contributed by atoms with E-state index in [9.17, 15) is 4.79 Å². The Morgan fingerprint density at radius 1 is 1.11 bits per heavy atom. The molecule has 0 heterocycles. The maximum atomic E-state index is 12.5. The van der Waals surface area contributed by atoms with Crippen LogP contribution in [0.4, 0.5) is 11.4 Å². The molecule has 0 spiro atoms. The number of hydrogen-bond acceptors (Lipinski definition) is 3. The third-order valence-electron chi connectivity index (χ3n) is 4.86. The predicted molar refractivity (Wildman–Crippen MR) is 118 cm³/mol. The highest BCUT2D eigenvalue weighted by molar-refractivity contribution is 6.33. The van der Waals surface area contributed by atoms with Gasteiger partial charge in [-0.15, -0.1) is 24.8 Å². The van der Waals surface area contributed by atoms with Crippen LogP contribution in [0, 0.1) is 11.8 Å². The first-order valence-electron chi connectivity index (χ1n) is 8.75. The summed E-state index contributed by atoms with van der Waals surface area (Å²) in [6.45, 7) is 1.27. The standard InChI is InChI=1S/C20H24ClN3O.2ClH/c21-18-11-16(24-20(25)17-8-4-7-15(17)12-22)9-10-19(18)23-13-14-5-2-1-3-6-14;;/h1-3,5-6,9-11,15,17,23H,4,7-8,12-13,22H2,(H,24,25);2*1H/t15-,17-;;/m1../s1. The molecule has 0 radical (unpaired) electrons. The molecule has 2 aromatic rings. The number of anilines is 2. The van der Waals surface area contributed by atoms with Gasteiger partial charge in [0.15, 0.2) is 0 Å². The van der Waals surface area contributed by atoms with E-state index >= 15 is 0 Å². The molecule has 4 N–H and O–H groups in total. The maximum Gasteiger partial charge on any atom is 0.227 e. The Hall–Kier alpha value is -1.46. The second kappa shape index (κ2) is 11.4. The minimum Gasteiger partial charge on any atom is -0.380 e. The summed E-state index contributed by atoms with van der Waals surface area (Å²) in [5.74, 6) is 0.357. The van der Waals surface area contributed by atoms with Gasteiger partial charge in [-0.3, -0.25) is 4.79 Å². The largest absolute Gasteiger partial charge is 0.380 e. The third kappa shape index (κ3) is 6.28. The topological polar surface area (TPSA) is 67.2 Å². The van der Waals surface area contributed by atoms with E-state index in [4.69, 9.17) is 17.3 Å². The van der Waals surface area contributed by atoms with Crippen LogP contribution in [-0.2, 0) is 11.3 Å². The highest BCUT2D eigenvalue weighted by Crippen LogP contribution is 2.32. The van der Waals surface area contributed by atoms with Crippen LogP contribution in [-0.4, -0.2) is 12.5 Å². The van der Waals surface area contributed by atoms with E-state index in [-0.39, 0.29) is 36.6 Å². The summed E-state index contributed by atoms with van der Waals surface area (Å²) < 4.78 is 0. The van der Waals surface area contributed by atoms with E-state index in [0.29, 0.717) is 24.0 Å². The maximum absolute atomic E-state index is 12.5. The summed E-state index contributed by atoms with van der Waals surface area (Å²) in [4.78, 5) is 12.5. The molecule has 0 saturated heterocycles. The van der Waals surface area contributed by atoms with E-state index < -0.39 is 0 Å². The lowest BCUT2D eigenvalue weighted by Gasteiger charge is -2.18. The summed E-state index contributed by atoms with van der Waals surface area (Å²) in [7, 11) is 0. The van der Waals surface area contributed by atoms with Crippen LogP contribution in [0.5, 0.6) is 0 Å². The van der Waals surface area contributed by atoms with E-state index in [1.165, 1.54) is 5.56 Å². The van der Waals surface area contributed by atoms with Gasteiger partial charge in [0.2, 0.25) is 5.91 Å². The van der Waals surface area contributed by atoms with Crippen molar-refractivity contribution in [2.75, 3.05) is 17.2 Å². The Kier molecular flexibility index (Phi) is 9.95. The Morgan fingerprint density at radius 3 is 2.52 bits per heavy atom. The Bertz CT molecular complexity index is 728. The predicted octanol–water partition coefficient (Wildman–Crippen LogP) is 5.11. The van der Waals surface area contributed by atoms with Gasteiger partial charge in [0, 0.05) is 18.2 Å². The molecule has 1 aliphatic carbocycles. The smallest absolute Gasteiger partial charge is 0.227 e. The fourth-order valence-electron chi connectivity index (χ4n) is 3.43. The van der Waals surface area contributed by atoms with Crippen LogP contribution in [0.2, 0.25) is 5.02 Å². The molecular formula is C20H26Cl3N3O. The molecule has 3 rings (SSSR count). The van der Waals surface area contributed by atoms with Crippen molar-refractivity contribution >= 4 is 53.7 Å². The number of rotatable bonds is 6. The molecule has 1 amide bonds. The number of carbonyl (C=O) groups is 1. The van der Waals surface area contributed by atoms with Gasteiger partial charge in [0.1, 0.15) is 0 Å². The average Bonchev–Trinajstić information content (AvgIpc) is 3.11. The number of nitrogens with one attached hydrogen (secondary N) is 2. The van der Waals surface area contributed by atoms with Crippen molar-refractivity contribution in [3.05, 3.63) is 59.1 Å². The Balaban J connectivity index is 0.00000182. The van der Waals surface area contributed by atoms with Gasteiger partial charge in [-0.1, -0.05) is 48.4 Å². The van der Waals surface area contributed by atoms with Gasteiger partial charge in [-0.2, -0.15) is 0 Å². The van der Waals surface area contributed by atoms with Gasteiger partial charge in [0.25, 0.3) is 0 Å². The molecule has 7 heteroatoms. The van der Waals surface area contributed by atoms with Crippen molar-refractivity contribution in [2.45, 2.75) is 25.8 Å². The summed E-state index contributed by atoms with van der Waals surface area (Å²) in [6.07, 6.45) is 3.03. The molecule has 148 valence electrons. The van der Waals surface area contributed by atoms with Crippen molar-refractivity contribution < 1.29 is 4.79 Å². The van der Waals surface area contributed by atoms with Crippen LogP contribution >= 0.6 is 36.4 Å². The quantitative estimate of drug-likeness (QED) is 0.596. The first-order valence-corrected chi connectivity index (χ1v) is 9.13. The molecule has 0 unspecified atom stereocenters. The van der Waals surface area contributed by atoms with Crippen LogP contribution < -0.4 is 16.4 Å². The van der Waals surface area contributed by atoms with Crippen molar-refractivity contribution in [1.29, 1.82) is 0 Å². The molecule has 2 atom stereocenters. The molecule has 0 aliphatic heterocycles. The number of amides is 1. The summed E-state index contributed by atoms with van der Waals surface area (Å²) >= 11 is 6.36. The van der Waals surface area contributed by atoms with Gasteiger partial charge in [-0.25, -0.2) is 0 Å². The summed E-state index contributed by atoms with van der Waals surface area (Å²) in [5.41, 5.74) is 8.53. The molecule has 1 saturated carbocycles. The number of hydrogen-bond donors (Lipinski definition) is 3. The fraction of sp³-hybridized carbons (Fsp3) is 0.350.